The van der Waals surface area contributed by atoms with Crippen LogP contribution in [-0.2, 0) is 0 Å². The van der Waals surface area contributed by atoms with Gasteiger partial charge in [-0.15, -0.1) is 0 Å². The van der Waals surface area contributed by atoms with E-state index in [4.69, 9.17) is 5.26 Å². The summed E-state index contributed by atoms with van der Waals surface area (Å²) in [6.45, 7) is 2.30. The predicted molar refractivity (Wildman–Crippen MR) is 73.6 cm³/mol. The lowest BCUT2D eigenvalue weighted by molar-refractivity contribution is 0.191. The molecule has 1 unspecified atom stereocenters. The average molecular weight is 253 g/mol. The van der Waals surface area contributed by atoms with Gasteiger partial charge >= 0.3 is 0 Å². The summed E-state index contributed by atoms with van der Waals surface area (Å²) in [6.07, 6.45) is 0.982. The van der Waals surface area contributed by atoms with Gasteiger partial charge in [0.2, 0.25) is 0 Å². The van der Waals surface area contributed by atoms with Crippen LogP contribution in [0.15, 0.2) is 42.6 Å². The zero-order valence-electron chi connectivity index (χ0n) is 10.7. The minimum absolute atomic E-state index is 0.315. The lowest BCUT2D eigenvalue weighted by Gasteiger charge is -2.13. The van der Waals surface area contributed by atoms with Crippen molar-refractivity contribution in [2.45, 2.75) is 13.0 Å². The van der Waals surface area contributed by atoms with Gasteiger partial charge in [-0.2, -0.15) is 5.26 Å². The number of nitriles is 1. The van der Waals surface area contributed by atoms with Crippen LogP contribution < -0.4 is 5.32 Å². The molecular formula is C15H15N3O. The number of aryl methyl sites for hydroxylation is 1. The van der Waals surface area contributed by atoms with Gasteiger partial charge in [0.1, 0.15) is 11.9 Å². The van der Waals surface area contributed by atoms with E-state index in [2.05, 4.69) is 16.4 Å². The van der Waals surface area contributed by atoms with E-state index < -0.39 is 6.10 Å². The molecule has 0 saturated heterocycles. The molecule has 96 valence electrons. The number of hydrogen-bond acceptors (Lipinski definition) is 4. The molecule has 0 spiro atoms. The third-order valence-corrected chi connectivity index (χ3v) is 2.82. The molecule has 2 N–H and O–H groups in total. The van der Waals surface area contributed by atoms with E-state index in [1.807, 2.05) is 31.2 Å². The van der Waals surface area contributed by atoms with E-state index in [-0.39, 0.29) is 0 Å². The largest absolute Gasteiger partial charge is 0.387 e. The first-order valence-corrected chi connectivity index (χ1v) is 6.04. The first-order valence-electron chi connectivity index (χ1n) is 6.04. The minimum atomic E-state index is -0.631. The summed E-state index contributed by atoms with van der Waals surface area (Å²) < 4.78 is 0. The van der Waals surface area contributed by atoms with Crippen molar-refractivity contribution in [3.63, 3.8) is 0 Å². The van der Waals surface area contributed by atoms with Crippen LogP contribution in [0.2, 0.25) is 0 Å². The molecule has 0 bridgehead atoms. The fourth-order valence-electron chi connectivity index (χ4n) is 1.82. The van der Waals surface area contributed by atoms with Crippen LogP contribution >= 0.6 is 0 Å². The first-order chi connectivity index (χ1) is 9.20. The summed E-state index contributed by atoms with van der Waals surface area (Å²) in [4.78, 5) is 4.09. The minimum Gasteiger partial charge on any atom is -0.387 e. The van der Waals surface area contributed by atoms with Crippen LogP contribution in [0.5, 0.6) is 0 Å². The fraction of sp³-hybridized carbons (Fsp3) is 0.200. The van der Waals surface area contributed by atoms with Crippen LogP contribution in [0.1, 0.15) is 22.8 Å². The average Bonchev–Trinajstić information content (AvgIpc) is 2.45. The Labute approximate surface area is 112 Å². The Hall–Kier alpha value is -2.38. The monoisotopic (exact) mass is 253 g/mol. The molecule has 0 fully saturated rings. The molecule has 0 aliphatic heterocycles. The normalized spacial score (nSPS) is 11.6. The molecule has 1 atom stereocenters. The molecule has 19 heavy (non-hydrogen) atoms. The van der Waals surface area contributed by atoms with Crippen molar-refractivity contribution in [3.8, 4) is 6.07 Å². The molecule has 0 aliphatic carbocycles. The van der Waals surface area contributed by atoms with E-state index in [9.17, 15) is 5.11 Å². The number of nitrogens with one attached hydrogen (secondary N) is 1. The Balaban J connectivity index is 2.05. The van der Waals surface area contributed by atoms with Crippen LogP contribution in [-0.4, -0.2) is 16.6 Å². The lowest BCUT2D eigenvalue weighted by atomic mass is 10.1. The summed E-state index contributed by atoms with van der Waals surface area (Å²) in [5.74, 6) is 0.497. The Morgan fingerprint density at radius 1 is 1.37 bits per heavy atom. The molecule has 4 heteroatoms. The summed E-state index contributed by atoms with van der Waals surface area (Å²) in [7, 11) is 0. The number of aliphatic hydroxyl groups excluding tert-OH is 1. The summed E-state index contributed by atoms with van der Waals surface area (Å²) in [5.41, 5.74) is 2.42. The van der Waals surface area contributed by atoms with Crippen LogP contribution in [0, 0.1) is 18.3 Å². The van der Waals surface area contributed by atoms with Crippen LogP contribution in [0.3, 0.4) is 0 Å². The van der Waals surface area contributed by atoms with Crippen molar-refractivity contribution in [2.24, 2.45) is 0 Å². The molecule has 2 aromatic rings. The molecule has 1 aromatic carbocycles. The molecule has 0 saturated carbocycles. The summed E-state index contributed by atoms with van der Waals surface area (Å²) in [6, 6.07) is 13.2. The van der Waals surface area contributed by atoms with Gasteiger partial charge in [-0.25, -0.2) is 4.98 Å². The number of rotatable bonds is 4. The van der Waals surface area contributed by atoms with Crippen molar-refractivity contribution >= 4 is 5.82 Å². The van der Waals surface area contributed by atoms with Gasteiger partial charge in [0.15, 0.2) is 0 Å². The number of pyridine rings is 1. The molecule has 0 radical (unpaired) electrons. The van der Waals surface area contributed by atoms with Crippen LogP contribution in [0.25, 0.3) is 0 Å². The highest BCUT2D eigenvalue weighted by molar-refractivity contribution is 5.51. The zero-order chi connectivity index (χ0) is 13.7. The SMILES string of the molecule is Cc1cccc(C(O)CNc2ncccc2C#N)c1. The van der Waals surface area contributed by atoms with Crippen molar-refractivity contribution < 1.29 is 5.11 Å². The van der Waals surface area contributed by atoms with Crippen molar-refractivity contribution in [2.75, 3.05) is 11.9 Å². The Morgan fingerprint density at radius 2 is 2.21 bits per heavy atom. The number of nitrogens with zero attached hydrogens (tertiary/aromatic N) is 2. The van der Waals surface area contributed by atoms with E-state index in [1.54, 1.807) is 18.3 Å². The number of anilines is 1. The van der Waals surface area contributed by atoms with Gasteiger partial charge in [0, 0.05) is 12.7 Å². The van der Waals surface area contributed by atoms with Gasteiger partial charge in [-0.3, -0.25) is 0 Å². The second kappa shape index (κ2) is 5.98. The highest BCUT2D eigenvalue weighted by Gasteiger charge is 2.09. The van der Waals surface area contributed by atoms with Crippen LogP contribution in [0.4, 0.5) is 5.82 Å². The topological polar surface area (TPSA) is 68.9 Å². The van der Waals surface area contributed by atoms with E-state index in [1.165, 1.54) is 0 Å². The molecule has 1 aromatic heterocycles. The molecular weight excluding hydrogens is 238 g/mol. The maximum atomic E-state index is 10.1. The number of aromatic nitrogens is 1. The van der Waals surface area contributed by atoms with E-state index in [0.29, 0.717) is 17.9 Å². The smallest absolute Gasteiger partial charge is 0.143 e. The number of aliphatic hydroxyl groups is 1. The van der Waals surface area contributed by atoms with Gasteiger partial charge in [0.25, 0.3) is 0 Å². The maximum Gasteiger partial charge on any atom is 0.143 e. The van der Waals surface area contributed by atoms with E-state index >= 15 is 0 Å². The van der Waals surface area contributed by atoms with Gasteiger partial charge in [-0.1, -0.05) is 29.8 Å². The number of hydrogen-bond donors (Lipinski definition) is 2. The third kappa shape index (κ3) is 3.30. The third-order valence-electron chi connectivity index (χ3n) is 2.82. The standard InChI is InChI=1S/C15H15N3O/c1-11-4-2-5-12(8-11)14(19)10-18-15-13(9-16)6-3-7-17-15/h2-8,14,19H,10H2,1H3,(H,17,18). The first kappa shape index (κ1) is 13.1. The Morgan fingerprint density at radius 3 is 2.95 bits per heavy atom. The second-order valence-corrected chi connectivity index (χ2v) is 4.32. The highest BCUT2D eigenvalue weighted by atomic mass is 16.3. The molecule has 0 aliphatic rings. The Bertz CT molecular complexity index is 604. The summed E-state index contributed by atoms with van der Waals surface area (Å²) >= 11 is 0. The zero-order valence-corrected chi connectivity index (χ0v) is 10.7. The quantitative estimate of drug-likeness (QED) is 0.878. The highest BCUT2D eigenvalue weighted by Crippen LogP contribution is 2.16. The van der Waals surface area contributed by atoms with Gasteiger partial charge in [0.05, 0.1) is 11.7 Å². The predicted octanol–water partition coefficient (Wildman–Crippen LogP) is 2.41. The fourth-order valence-corrected chi connectivity index (χ4v) is 1.82. The molecule has 2 rings (SSSR count). The molecule has 1 heterocycles. The lowest BCUT2D eigenvalue weighted by Crippen LogP contribution is -2.13. The van der Waals surface area contributed by atoms with Crippen molar-refractivity contribution in [1.82, 2.24) is 4.98 Å². The van der Waals surface area contributed by atoms with Crippen molar-refractivity contribution in [1.29, 1.82) is 5.26 Å². The second-order valence-electron chi connectivity index (χ2n) is 4.32. The van der Waals surface area contributed by atoms with Crippen molar-refractivity contribution in [3.05, 3.63) is 59.3 Å². The van der Waals surface area contributed by atoms with E-state index in [0.717, 1.165) is 11.1 Å². The maximum absolute atomic E-state index is 10.1. The summed E-state index contributed by atoms with van der Waals surface area (Å²) in [5, 5.41) is 22.0. The molecule has 4 nitrogen and oxygen atoms in total. The Kier molecular flexibility index (Phi) is 4.11. The van der Waals surface area contributed by atoms with Gasteiger partial charge < -0.3 is 10.4 Å². The molecule has 0 amide bonds. The number of benzene rings is 1. The van der Waals surface area contributed by atoms with Gasteiger partial charge in [-0.05, 0) is 24.6 Å².